The first kappa shape index (κ1) is 18.2. The third-order valence-corrected chi connectivity index (χ3v) is 5.28. The summed E-state index contributed by atoms with van der Waals surface area (Å²) in [6, 6.07) is 14.9. The van der Waals surface area contributed by atoms with Gasteiger partial charge in [0.25, 0.3) is 0 Å². The van der Waals surface area contributed by atoms with Crippen LogP contribution in [0.3, 0.4) is 0 Å². The summed E-state index contributed by atoms with van der Waals surface area (Å²) in [5, 5.41) is 11.6. The molecule has 144 valence electrons. The van der Waals surface area contributed by atoms with Crippen LogP contribution in [-0.2, 0) is 0 Å². The summed E-state index contributed by atoms with van der Waals surface area (Å²) in [4.78, 5) is 9.37. The highest BCUT2D eigenvalue weighted by molar-refractivity contribution is 5.57. The van der Waals surface area contributed by atoms with Gasteiger partial charge in [-0.15, -0.1) is 5.10 Å². The van der Waals surface area contributed by atoms with E-state index in [1.807, 2.05) is 6.07 Å². The van der Waals surface area contributed by atoms with Crippen molar-refractivity contribution in [3.05, 3.63) is 65.4 Å². The van der Waals surface area contributed by atoms with Gasteiger partial charge in [0.15, 0.2) is 5.82 Å². The molecule has 1 aliphatic heterocycles. The molecule has 0 aliphatic carbocycles. The molecular formula is C22H26N6. The van der Waals surface area contributed by atoms with E-state index < -0.39 is 0 Å². The highest BCUT2D eigenvalue weighted by atomic mass is 15.3. The molecule has 6 nitrogen and oxygen atoms in total. The molecule has 28 heavy (non-hydrogen) atoms. The summed E-state index contributed by atoms with van der Waals surface area (Å²) >= 11 is 0. The minimum Gasteiger partial charge on any atom is -0.368 e. The van der Waals surface area contributed by atoms with Crippen LogP contribution in [0.2, 0.25) is 0 Å². The van der Waals surface area contributed by atoms with Gasteiger partial charge in [-0.25, -0.2) is 0 Å². The van der Waals surface area contributed by atoms with Crippen LogP contribution in [0.15, 0.2) is 48.7 Å². The van der Waals surface area contributed by atoms with E-state index in [1.54, 1.807) is 6.20 Å². The Balaban J connectivity index is 1.43. The van der Waals surface area contributed by atoms with Gasteiger partial charge in [0.1, 0.15) is 0 Å². The second-order valence-corrected chi connectivity index (χ2v) is 7.38. The van der Waals surface area contributed by atoms with Crippen LogP contribution in [0.5, 0.6) is 0 Å². The summed E-state index contributed by atoms with van der Waals surface area (Å²) in [5.74, 6) is 1.40. The molecular weight excluding hydrogens is 348 g/mol. The molecule has 1 N–H and O–H groups in total. The van der Waals surface area contributed by atoms with Gasteiger partial charge in [-0.3, -0.25) is 0 Å². The van der Waals surface area contributed by atoms with Crippen LogP contribution in [-0.4, -0.2) is 41.4 Å². The van der Waals surface area contributed by atoms with Gasteiger partial charge in [0, 0.05) is 37.6 Å². The quantitative estimate of drug-likeness (QED) is 0.748. The van der Waals surface area contributed by atoms with Gasteiger partial charge in [-0.1, -0.05) is 18.2 Å². The van der Waals surface area contributed by atoms with Crippen molar-refractivity contribution < 1.29 is 0 Å². The fourth-order valence-electron chi connectivity index (χ4n) is 3.47. The highest BCUT2D eigenvalue weighted by Gasteiger charge is 2.19. The minimum atomic E-state index is 0.530. The Hall–Kier alpha value is -3.15. The maximum Gasteiger partial charge on any atom is 0.249 e. The lowest BCUT2D eigenvalue weighted by Crippen LogP contribution is -2.47. The number of hydrogen-bond donors (Lipinski definition) is 1. The molecule has 0 atom stereocenters. The molecule has 0 bridgehead atoms. The van der Waals surface area contributed by atoms with Crippen LogP contribution in [0.4, 0.5) is 23.1 Å². The van der Waals surface area contributed by atoms with Crippen molar-refractivity contribution >= 4 is 23.1 Å². The van der Waals surface area contributed by atoms with Crippen LogP contribution >= 0.6 is 0 Å². The second kappa shape index (κ2) is 7.84. The average Bonchev–Trinajstić information content (AvgIpc) is 2.71. The molecule has 4 rings (SSSR count). The minimum absolute atomic E-state index is 0.530. The number of piperazine rings is 1. The van der Waals surface area contributed by atoms with Crippen LogP contribution in [0.25, 0.3) is 0 Å². The lowest BCUT2D eigenvalue weighted by Gasteiger charge is -2.36. The van der Waals surface area contributed by atoms with Crippen molar-refractivity contribution in [3.63, 3.8) is 0 Å². The summed E-state index contributed by atoms with van der Waals surface area (Å²) in [6.45, 7) is 10.1. The molecule has 6 heteroatoms. The van der Waals surface area contributed by atoms with E-state index in [2.05, 4.69) is 87.5 Å². The van der Waals surface area contributed by atoms with Crippen molar-refractivity contribution in [1.82, 2.24) is 15.2 Å². The van der Waals surface area contributed by atoms with Crippen molar-refractivity contribution in [1.29, 1.82) is 0 Å². The zero-order valence-electron chi connectivity index (χ0n) is 16.7. The largest absolute Gasteiger partial charge is 0.368 e. The van der Waals surface area contributed by atoms with Crippen LogP contribution in [0, 0.1) is 20.8 Å². The molecule has 0 radical (unpaired) electrons. The lowest BCUT2D eigenvalue weighted by molar-refractivity contribution is 0.644. The number of aryl methyl sites for hydroxylation is 3. The Morgan fingerprint density at radius 1 is 0.857 bits per heavy atom. The molecule has 0 spiro atoms. The van der Waals surface area contributed by atoms with E-state index in [0.29, 0.717) is 5.95 Å². The molecule has 2 aromatic carbocycles. The first-order valence-electron chi connectivity index (χ1n) is 9.69. The summed E-state index contributed by atoms with van der Waals surface area (Å²) in [5.41, 5.74) is 6.07. The van der Waals surface area contributed by atoms with Crippen LogP contribution < -0.4 is 15.1 Å². The molecule has 0 unspecified atom stereocenters. The molecule has 1 aromatic heterocycles. The van der Waals surface area contributed by atoms with Gasteiger partial charge >= 0.3 is 0 Å². The molecule has 1 fully saturated rings. The van der Waals surface area contributed by atoms with Crippen molar-refractivity contribution in [2.75, 3.05) is 41.3 Å². The predicted octanol–water partition coefficient (Wildman–Crippen LogP) is 3.87. The predicted molar refractivity (Wildman–Crippen MR) is 115 cm³/mol. The summed E-state index contributed by atoms with van der Waals surface area (Å²) in [7, 11) is 0. The number of rotatable bonds is 4. The molecule has 0 saturated carbocycles. The Morgan fingerprint density at radius 2 is 1.64 bits per heavy atom. The summed E-state index contributed by atoms with van der Waals surface area (Å²) in [6.07, 6.45) is 1.74. The Morgan fingerprint density at radius 3 is 2.39 bits per heavy atom. The van der Waals surface area contributed by atoms with Crippen molar-refractivity contribution in [2.24, 2.45) is 0 Å². The second-order valence-electron chi connectivity index (χ2n) is 7.38. The monoisotopic (exact) mass is 374 g/mol. The van der Waals surface area contributed by atoms with E-state index >= 15 is 0 Å². The molecule has 1 aliphatic rings. The van der Waals surface area contributed by atoms with Gasteiger partial charge in [-0.2, -0.15) is 10.1 Å². The molecule has 2 heterocycles. The molecule has 3 aromatic rings. The lowest BCUT2D eigenvalue weighted by atomic mass is 10.1. The fraction of sp³-hybridized carbons (Fsp3) is 0.318. The number of aromatic nitrogens is 3. The standard InChI is InChI=1S/C22H26N6/c1-16-5-4-6-20(13-16)27-9-11-28(12-10-27)21-15-23-26-22(25-21)24-19-8-7-17(2)18(3)14-19/h4-8,13-15H,9-12H2,1-3H3,(H,24,25,26). The maximum atomic E-state index is 4.68. The Bertz CT molecular complexity index is 963. The fourth-order valence-corrected chi connectivity index (χ4v) is 3.47. The van der Waals surface area contributed by atoms with Crippen molar-refractivity contribution in [2.45, 2.75) is 20.8 Å². The summed E-state index contributed by atoms with van der Waals surface area (Å²) < 4.78 is 0. The smallest absolute Gasteiger partial charge is 0.249 e. The zero-order valence-corrected chi connectivity index (χ0v) is 16.7. The highest BCUT2D eigenvalue weighted by Crippen LogP contribution is 2.21. The normalized spacial score (nSPS) is 14.2. The number of nitrogens with one attached hydrogen (secondary N) is 1. The van der Waals surface area contributed by atoms with Crippen molar-refractivity contribution in [3.8, 4) is 0 Å². The molecule has 0 amide bonds. The van der Waals surface area contributed by atoms with Gasteiger partial charge in [0.05, 0.1) is 6.20 Å². The Kier molecular flexibility index (Phi) is 5.10. The topological polar surface area (TPSA) is 57.2 Å². The molecule has 1 saturated heterocycles. The van der Waals surface area contributed by atoms with Crippen LogP contribution in [0.1, 0.15) is 16.7 Å². The number of anilines is 4. The van der Waals surface area contributed by atoms with Gasteiger partial charge < -0.3 is 15.1 Å². The maximum absolute atomic E-state index is 4.68. The third-order valence-electron chi connectivity index (χ3n) is 5.28. The van der Waals surface area contributed by atoms with Gasteiger partial charge in [-0.05, 0) is 61.7 Å². The van der Waals surface area contributed by atoms with E-state index in [1.165, 1.54) is 22.4 Å². The third kappa shape index (κ3) is 4.06. The van der Waals surface area contributed by atoms with Gasteiger partial charge in [0.2, 0.25) is 5.95 Å². The number of hydrogen-bond acceptors (Lipinski definition) is 6. The SMILES string of the molecule is Cc1cccc(N2CCN(c3cnnc(Nc4ccc(C)c(C)c4)n3)CC2)c1. The first-order chi connectivity index (χ1) is 13.6. The van der Waals surface area contributed by atoms with E-state index in [4.69, 9.17) is 0 Å². The average molecular weight is 374 g/mol. The van der Waals surface area contributed by atoms with E-state index in [-0.39, 0.29) is 0 Å². The van der Waals surface area contributed by atoms with E-state index in [0.717, 1.165) is 37.7 Å². The first-order valence-corrected chi connectivity index (χ1v) is 9.69. The Labute approximate surface area is 166 Å². The number of benzene rings is 2. The number of nitrogens with zero attached hydrogens (tertiary/aromatic N) is 5. The van der Waals surface area contributed by atoms with E-state index in [9.17, 15) is 0 Å². The zero-order chi connectivity index (χ0) is 19.5.